The number of guanidine groups is 1. The number of likely N-dealkylation sites (tertiary alicyclic amines) is 1. The van der Waals surface area contributed by atoms with Crippen LogP contribution in [0.4, 0.5) is 0 Å². The van der Waals surface area contributed by atoms with Crippen molar-refractivity contribution in [2.24, 2.45) is 45.7 Å². The Morgan fingerprint density at radius 3 is 1.93 bits per heavy atom. The average Bonchev–Trinajstić information content (AvgIpc) is 4.06. The fraction of sp³-hybridized carbons (Fsp3) is 0.745. The number of hydrogen-bond acceptors (Lipinski definition) is 15. The Bertz CT molecular complexity index is 2290. The predicted molar refractivity (Wildman–Crippen MR) is 296 cm³/mol. The molecule has 3 rings (SSSR count). The molecule has 28 nitrogen and oxygen atoms in total. The number of hydrogen-bond donors (Lipinski definition) is 13. The van der Waals surface area contributed by atoms with Crippen LogP contribution in [-0.2, 0) is 57.5 Å². The van der Waals surface area contributed by atoms with Gasteiger partial charge in [0.15, 0.2) is 5.96 Å². The normalized spacial score (nSPS) is 28.1. The molecule has 0 bridgehead atoms. The maximum atomic E-state index is 14.5. The molecule has 0 aromatic carbocycles. The van der Waals surface area contributed by atoms with Crippen LogP contribution in [0.3, 0.4) is 0 Å². The van der Waals surface area contributed by atoms with Crippen LogP contribution in [0.1, 0.15) is 126 Å². The Morgan fingerprint density at radius 2 is 1.35 bits per heavy atom. The highest BCUT2D eigenvalue weighted by Crippen LogP contribution is 2.30. The molecule has 80 heavy (non-hydrogen) atoms. The fourth-order valence-electron chi connectivity index (χ4n) is 9.66. The number of nitrogens with zero attached hydrogens (tertiary/aromatic N) is 3. The number of aliphatic imine (C=N–C) groups is 1. The summed E-state index contributed by atoms with van der Waals surface area (Å²) in [4.78, 5) is 172. The van der Waals surface area contributed by atoms with Crippen LogP contribution in [0, 0.1) is 17.8 Å². The van der Waals surface area contributed by atoms with Gasteiger partial charge in [0.05, 0.1) is 13.0 Å². The summed E-state index contributed by atoms with van der Waals surface area (Å²) in [6, 6.07) is -12.1. The summed E-state index contributed by atoms with van der Waals surface area (Å²) in [5, 5.41) is 31.1. The van der Waals surface area contributed by atoms with Crippen LogP contribution < -0.4 is 65.5 Å². The van der Waals surface area contributed by atoms with Gasteiger partial charge in [-0.05, 0) is 95.1 Å². The Morgan fingerprint density at radius 1 is 0.762 bits per heavy atom. The van der Waals surface area contributed by atoms with Crippen molar-refractivity contribution in [1.29, 1.82) is 0 Å². The van der Waals surface area contributed by atoms with E-state index in [-0.39, 0.29) is 100 Å². The van der Waals surface area contributed by atoms with E-state index in [0.717, 1.165) is 11.8 Å². The maximum absolute atomic E-state index is 14.5. The first kappa shape index (κ1) is 67.5. The van der Waals surface area contributed by atoms with E-state index in [1.165, 1.54) is 23.6 Å². The van der Waals surface area contributed by atoms with Gasteiger partial charge in [0, 0.05) is 25.4 Å². The van der Waals surface area contributed by atoms with Crippen LogP contribution in [-0.4, -0.2) is 189 Å². The monoisotopic (exact) mass is 1150 g/mol. The van der Waals surface area contributed by atoms with Crippen molar-refractivity contribution in [2.75, 3.05) is 37.7 Å². The minimum atomic E-state index is -1.81. The van der Waals surface area contributed by atoms with Gasteiger partial charge in [-0.3, -0.25) is 62.5 Å². The summed E-state index contributed by atoms with van der Waals surface area (Å²) in [5.74, 6) is -11.7. The topological polar surface area (TPSA) is 444 Å². The second-order valence-corrected chi connectivity index (χ2v) is 23.0. The number of carboxylic acids is 1. The molecular weight excluding hydrogens is 1060 g/mol. The Balaban J connectivity index is 2.17. The molecule has 0 radical (unpaired) electrons. The zero-order valence-electron chi connectivity index (χ0n) is 47.4. The molecule has 17 N–H and O–H groups in total. The molecule has 0 saturated carbocycles. The Labute approximate surface area is 471 Å². The third-order valence-corrected chi connectivity index (χ3v) is 15.4. The van der Waals surface area contributed by atoms with Crippen molar-refractivity contribution < 1.29 is 62.6 Å². The number of aliphatic carboxylic acids is 1. The molecule has 3 fully saturated rings. The first-order valence-electron chi connectivity index (χ1n) is 27.4. The fourth-order valence-corrected chi connectivity index (χ4v) is 10.7. The number of primary amides is 1. The van der Waals surface area contributed by atoms with Gasteiger partial charge in [-0.25, -0.2) is 0 Å². The van der Waals surface area contributed by atoms with E-state index >= 15 is 0 Å². The van der Waals surface area contributed by atoms with E-state index in [1.807, 2.05) is 27.7 Å². The number of nitrogens with one attached hydrogen (secondary N) is 8. The van der Waals surface area contributed by atoms with E-state index in [1.54, 1.807) is 13.8 Å². The lowest BCUT2D eigenvalue weighted by Gasteiger charge is -2.37. The van der Waals surface area contributed by atoms with E-state index < -0.39 is 143 Å². The summed E-state index contributed by atoms with van der Waals surface area (Å²) in [6.07, 6.45) is 0.476. The van der Waals surface area contributed by atoms with Gasteiger partial charge < -0.3 is 80.4 Å². The maximum Gasteiger partial charge on any atom is 0.305 e. The summed E-state index contributed by atoms with van der Waals surface area (Å²) in [6.45, 7) is 13.5. The molecule has 0 aromatic heterocycles. The highest BCUT2D eigenvalue weighted by molar-refractivity contribution is 7.99. The highest BCUT2D eigenvalue weighted by Gasteiger charge is 2.48. The predicted octanol–water partition coefficient (Wildman–Crippen LogP) is -3.50. The smallest absolute Gasteiger partial charge is 0.305 e. The lowest BCUT2D eigenvalue weighted by Crippen LogP contribution is -2.63. The number of amides is 11. The molecular formula is C51H87N15O13S. The Hall–Kier alpha value is -6.78. The van der Waals surface area contributed by atoms with E-state index in [2.05, 4.69) is 47.5 Å². The molecule has 0 spiro atoms. The van der Waals surface area contributed by atoms with Crippen molar-refractivity contribution in [1.82, 2.24) is 52.3 Å². The van der Waals surface area contributed by atoms with Gasteiger partial charge in [0.2, 0.25) is 65.0 Å². The molecule has 29 heteroatoms. The number of nitrogens with two attached hydrogens (primary N) is 4. The zero-order valence-corrected chi connectivity index (χ0v) is 48.2. The number of carbonyl (C=O) groups is 12. The van der Waals surface area contributed by atoms with Gasteiger partial charge in [-0.15, -0.1) is 0 Å². The van der Waals surface area contributed by atoms with Crippen LogP contribution in [0.25, 0.3) is 0 Å². The molecule has 11 amide bonds. The van der Waals surface area contributed by atoms with Gasteiger partial charge in [0.1, 0.15) is 59.9 Å². The minimum absolute atomic E-state index is 0.0185. The largest absolute Gasteiger partial charge is 0.481 e. The number of carbonyl (C=O) groups excluding carboxylic acids is 11. The second kappa shape index (κ2) is 31.9. The third-order valence-electron chi connectivity index (χ3n) is 14.4. The molecule has 3 saturated heterocycles. The highest BCUT2D eigenvalue weighted by atomic mass is 32.2. The van der Waals surface area contributed by atoms with E-state index in [9.17, 15) is 62.6 Å². The summed E-state index contributed by atoms with van der Waals surface area (Å²) in [7, 11) is 0. The lowest BCUT2D eigenvalue weighted by atomic mass is 9.95. The molecule has 11 atom stereocenters. The first-order valence-corrected chi connectivity index (χ1v) is 28.6. The number of carboxylic acid groups (broad SMARTS) is 1. The number of rotatable bonds is 16. The molecule has 3 heterocycles. The minimum Gasteiger partial charge on any atom is -0.481 e. The van der Waals surface area contributed by atoms with Crippen LogP contribution in [0.2, 0.25) is 0 Å². The van der Waals surface area contributed by atoms with Gasteiger partial charge in [-0.2, -0.15) is 11.8 Å². The van der Waals surface area contributed by atoms with Crippen LogP contribution in [0.15, 0.2) is 4.99 Å². The summed E-state index contributed by atoms with van der Waals surface area (Å²) in [5.41, 5.74) is 20.7. The van der Waals surface area contributed by atoms with Crippen LogP contribution in [0.5, 0.6) is 0 Å². The third kappa shape index (κ3) is 20.1. The van der Waals surface area contributed by atoms with Crippen molar-refractivity contribution in [3.8, 4) is 0 Å². The molecule has 450 valence electrons. The van der Waals surface area contributed by atoms with Crippen molar-refractivity contribution in [3.05, 3.63) is 0 Å². The first-order chi connectivity index (χ1) is 37.5. The zero-order chi connectivity index (χ0) is 60.2. The SMILES string of the molecule is CC[C@H](C)[C@@H]1NC(=O)[C@@H](NC(=O)[C@@H]2CCCN2C(=O)CN)CCSCC(C(N)=O)NC(=O)[C@H](CCCN=C(N)N)NC(=O)[C@H](CC(=O)O)NC(=O)[C@]2(C)CCCN2C(=O)[C@H](C)NC(=O)C(CC(C)C)NC(=O)[C@H](CC(C)C)NC1=O. The van der Waals surface area contributed by atoms with Crippen LogP contribution >= 0.6 is 11.8 Å². The molecule has 3 aliphatic rings. The van der Waals surface area contributed by atoms with E-state index in [0.29, 0.717) is 19.3 Å². The van der Waals surface area contributed by atoms with Gasteiger partial charge in [0.25, 0.3) is 0 Å². The lowest BCUT2D eigenvalue weighted by molar-refractivity contribution is -0.148. The molecule has 2 unspecified atom stereocenters. The van der Waals surface area contributed by atoms with Gasteiger partial charge >= 0.3 is 5.97 Å². The Kier molecular flexibility index (Phi) is 26.9. The average molecular weight is 1150 g/mol. The molecule has 3 aliphatic heterocycles. The number of thioether (sulfide) groups is 1. The molecule has 0 aromatic rings. The standard InChI is InChI=1S/C51H87N15O13S/c1-9-28(6)39-47(77)61-33(22-27(4)5)44(74)60-32(21-26(2)3)43(73)57-29(7)48(78)66-19-12-16-51(66,8)49(79)63-34(23-38(68)69)45(75)58-30(13-10-17-56-50(54)55)41(71)62-35(40(53)70)25-80-20-15-31(42(72)64-39)59-46(76)36-14-11-18-65(36)37(67)24-52/h26-36,39H,9-25,52H2,1-8H3,(H2,53,70)(H,57,73)(H,58,75)(H,59,76)(H,60,74)(H,61,77)(H,62,71)(H,63,79)(H,64,72)(H,68,69)(H4,54,55,56)/t28-,29-,30-,31-,32?,33-,34-,35?,36-,39-,51-/m0/s1. The summed E-state index contributed by atoms with van der Waals surface area (Å²) < 4.78 is 0. The summed E-state index contributed by atoms with van der Waals surface area (Å²) >= 11 is 1.04. The molecule has 0 aliphatic carbocycles. The van der Waals surface area contributed by atoms with Crippen molar-refractivity contribution in [2.45, 2.75) is 186 Å². The quantitative estimate of drug-likeness (QED) is 0.0405. The van der Waals surface area contributed by atoms with E-state index in [4.69, 9.17) is 22.9 Å². The second-order valence-electron chi connectivity index (χ2n) is 21.8. The number of fused-ring (bicyclic) bond motifs is 1. The van der Waals surface area contributed by atoms with Gasteiger partial charge in [-0.1, -0.05) is 48.0 Å². The van der Waals surface area contributed by atoms with Crippen molar-refractivity contribution >= 4 is 88.7 Å². The van der Waals surface area contributed by atoms with Crippen molar-refractivity contribution in [3.63, 3.8) is 0 Å².